The van der Waals surface area contributed by atoms with E-state index in [9.17, 15) is 8.42 Å². The molecule has 1 aromatic carbocycles. The number of primary sulfonamides is 1. The number of rotatable bonds is 3. The maximum Gasteiger partial charge on any atom is 0.241 e. The van der Waals surface area contributed by atoms with Gasteiger partial charge in [0.25, 0.3) is 0 Å². The van der Waals surface area contributed by atoms with Crippen LogP contribution in [0.4, 0.5) is 0 Å². The molecule has 0 bridgehead atoms. The van der Waals surface area contributed by atoms with E-state index < -0.39 is 10.0 Å². The highest BCUT2D eigenvalue weighted by Gasteiger charge is 2.19. The molecule has 17 heavy (non-hydrogen) atoms. The molecule has 0 spiro atoms. The topological polar surface area (TPSA) is 69.4 Å². The Labute approximate surface area is 102 Å². The van der Waals surface area contributed by atoms with Crippen molar-refractivity contribution in [2.75, 3.05) is 0 Å². The Bertz CT molecular complexity index is 478. The fourth-order valence-corrected chi connectivity index (χ4v) is 2.81. The van der Waals surface area contributed by atoms with Crippen molar-refractivity contribution in [3.63, 3.8) is 0 Å². The van der Waals surface area contributed by atoms with Crippen LogP contribution in [0, 0.1) is 0 Å². The first kappa shape index (κ1) is 12.4. The van der Waals surface area contributed by atoms with Gasteiger partial charge in [0.05, 0.1) is 6.10 Å². The third-order valence-corrected chi connectivity index (χ3v) is 3.95. The molecule has 0 heterocycles. The summed E-state index contributed by atoms with van der Waals surface area (Å²) < 4.78 is 28.5. The molecule has 1 aromatic rings. The average molecular weight is 255 g/mol. The third-order valence-electron chi connectivity index (χ3n) is 3.00. The molecule has 1 fully saturated rings. The lowest BCUT2D eigenvalue weighted by Gasteiger charge is -2.23. The van der Waals surface area contributed by atoms with Crippen LogP contribution in [0.5, 0.6) is 5.75 Å². The number of nitrogens with two attached hydrogens (primary N) is 1. The van der Waals surface area contributed by atoms with Gasteiger partial charge in [0.15, 0.2) is 0 Å². The maximum atomic E-state index is 11.4. The molecule has 0 radical (unpaired) electrons. The first-order valence-electron chi connectivity index (χ1n) is 5.86. The quantitative estimate of drug-likeness (QED) is 0.898. The Balaban J connectivity index is 2.20. The summed E-state index contributed by atoms with van der Waals surface area (Å²) in [7, 11) is -3.71. The molecular formula is C12H17NO3S. The van der Waals surface area contributed by atoms with Gasteiger partial charge >= 0.3 is 0 Å². The SMILES string of the molecule is NS(=O)(=O)c1ccccc1OC1CCCCC1. The molecule has 2 rings (SSSR count). The van der Waals surface area contributed by atoms with E-state index in [4.69, 9.17) is 9.88 Å². The molecule has 94 valence electrons. The molecular weight excluding hydrogens is 238 g/mol. The molecule has 0 aliphatic heterocycles. The number of para-hydroxylation sites is 1. The van der Waals surface area contributed by atoms with E-state index in [2.05, 4.69) is 0 Å². The second-order valence-corrected chi connectivity index (χ2v) is 5.90. The Kier molecular flexibility index (Phi) is 3.69. The molecule has 1 aliphatic carbocycles. The number of hydrogen-bond acceptors (Lipinski definition) is 3. The van der Waals surface area contributed by atoms with Crippen molar-refractivity contribution in [3.8, 4) is 5.75 Å². The summed E-state index contributed by atoms with van der Waals surface area (Å²) in [6, 6.07) is 6.54. The molecule has 1 saturated carbocycles. The minimum Gasteiger partial charge on any atom is -0.489 e. The van der Waals surface area contributed by atoms with Crippen LogP contribution >= 0.6 is 0 Å². The van der Waals surface area contributed by atoms with Gasteiger partial charge in [0.1, 0.15) is 10.6 Å². The van der Waals surface area contributed by atoms with Crippen LogP contribution in [0.1, 0.15) is 32.1 Å². The van der Waals surface area contributed by atoms with Gasteiger partial charge in [-0.1, -0.05) is 18.6 Å². The lowest BCUT2D eigenvalue weighted by atomic mass is 9.98. The van der Waals surface area contributed by atoms with Crippen LogP contribution in [-0.2, 0) is 10.0 Å². The standard InChI is InChI=1S/C12H17NO3S/c13-17(14,15)12-9-5-4-8-11(12)16-10-6-2-1-3-7-10/h4-5,8-10H,1-3,6-7H2,(H2,13,14,15). The summed E-state index contributed by atoms with van der Waals surface area (Å²) in [5, 5.41) is 5.15. The number of ether oxygens (including phenoxy) is 1. The summed E-state index contributed by atoms with van der Waals surface area (Å²) in [6.07, 6.45) is 5.60. The second kappa shape index (κ2) is 5.06. The normalized spacial score (nSPS) is 17.9. The zero-order chi connectivity index (χ0) is 12.3. The largest absolute Gasteiger partial charge is 0.489 e. The van der Waals surface area contributed by atoms with E-state index in [1.165, 1.54) is 12.5 Å². The number of sulfonamides is 1. The summed E-state index contributed by atoms with van der Waals surface area (Å²) in [5.41, 5.74) is 0. The van der Waals surface area contributed by atoms with Crippen molar-refractivity contribution in [2.24, 2.45) is 5.14 Å². The van der Waals surface area contributed by atoms with E-state index in [-0.39, 0.29) is 11.0 Å². The predicted molar refractivity (Wildman–Crippen MR) is 65.3 cm³/mol. The van der Waals surface area contributed by atoms with Crippen LogP contribution in [-0.4, -0.2) is 14.5 Å². The van der Waals surface area contributed by atoms with Gasteiger partial charge in [-0.15, -0.1) is 0 Å². The van der Waals surface area contributed by atoms with E-state index >= 15 is 0 Å². The molecule has 5 heteroatoms. The minimum absolute atomic E-state index is 0.0746. The van der Waals surface area contributed by atoms with Crippen molar-refractivity contribution >= 4 is 10.0 Å². The first-order valence-corrected chi connectivity index (χ1v) is 7.40. The van der Waals surface area contributed by atoms with Gasteiger partial charge in [-0.05, 0) is 37.8 Å². The van der Waals surface area contributed by atoms with Gasteiger partial charge < -0.3 is 4.74 Å². The molecule has 0 atom stereocenters. The van der Waals surface area contributed by atoms with E-state index in [0.29, 0.717) is 5.75 Å². The van der Waals surface area contributed by atoms with Crippen LogP contribution in [0.15, 0.2) is 29.2 Å². The van der Waals surface area contributed by atoms with Crippen molar-refractivity contribution in [3.05, 3.63) is 24.3 Å². The Morgan fingerprint density at radius 2 is 1.76 bits per heavy atom. The average Bonchev–Trinajstić information content (AvgIpc) is 2.30. The number of hydrogen-bond donors (Lipinski definition) is 1. The first-order chi connectivity index (χ1) is 8.07. The molecule has 0 saturated heterocycles. The third kappa shape index (κ3) is 3.20. The zero-order valence-electron chi connectivity index (χ0n) is 9.63. The van der Waals surface area contributed by atoms with Crippen LogP contribution in [0.25, 0.3) is 0 Å². The summed E-state index contributed by atoms with van der Waals surface area (Å²) >= 11 is 0. The van der Waals surface area contributed by atoms with Crippen LogP contribution < -0.4 is 9.88 Å². The van der Waals surface area contributed by atoms with Crippen molar-refractivity contribution in [1.82, 2.24) is 0 Å². The Hall–Kier alpha value is -1.07. The van der Waals surface area contributed by atoms with Crippen LogP contribution in [0.2, 0.25) is 0 Å². The molecule has 0 aromatic heterocycles. The highest BCUT2D eigenvalue weighted by Crippen LogP contribution is 2.27. The van der Waals surface area contributed by atoms with Gasteiger partial charge in [0.2, 0.25) is 10.0 Å². The Morgan fingerprint density at radius 1 is 1.12 bits per heavy atom. The highest BCUT2D eigenvalue weighted by atomic mass is 32.2. The minimum atomic E-state index is -3.71. The van der Waals surface area contributed by atoms with Gasteiger partial charge in [-0.2, -0.15) is 0 Å². The lowest BCUT2D eigenvalue weighted by Crippen LogP contribution is -2.22. The molecule has 0 unspecified atom stereocenters. The van der Waals surface area contributed by atoms with E-state index in [1.807, 2.05) is 0 Å². The second-order valence-electron chi connectivity index (χ2n) is 4.37. The fraction of sp³-hybridized carbons (Fsp3) is 0.500. The molecule has 4 nitrogen and oxygen atoms in total. The van der Waals surface area contributed by atoms with Crippen LogP contribution in [0.3, 0.4) is 0 Å². The van der Waals surface area contributed by atoms with Crippen molar-refractivity contribution in [1.29, 1.82) is 0 Å². The van der Waals surface area contributed by atoms with Gasteiger partial charge in [-0.3, -0.25) is 0 Å². The highest BCUT2D eigenvalue weighted by molar-refractivity contribution is 7.89. The zero-order valence-corrected chi connectivity index (χ0v) is 10.4. The molecule has 1 aliphatic rings. The van der Waals surface area contributed by atoms with Gasteiger partial charge in [0, 0.05) is 0 Å². The predicted octanol–water partition coefficient (Wildman–Crippen LogP) is 2.05. The fourth-order valence-electron chi connectivity index (χ4n) is 2.15. The van der Waals surface area contributed by atoms with E-state index in [0.717, 1.165) is 25.7 Å². The van der Waals surface area contributed by atoms with E-state index in [1.54, 1.807) is 18.2 Å². The Morgan fingerprint density at radius 3 is 2.41 bits per heavy atom. The van der Waals surface area contributed by atoms with Gasteiger partial charge in [-0.25, -0.2) is 13.6 Å². The molecule has 0 amide bonds. The molecule has 2 N–H and O–H groups in total. The smallest absolute Gasteiger partial charge is 0.241 e. The van der Waals surface area contributed by atoms with Crippen molar-refractivity contribution in [2.45, 2.75) is 43.1 Å². The lowest BCUT2D eigenvalue weighted by molar-refractivity contribution is 0.151. The monoisotopic (exact) mass is 255 g/mol. The number of benzene rings is 1. The summed E-state index contributed by atoms with van der Waals surface area (Å²) in [6.45, 7) is 0. The summed E-state index contributed by atoms with van der Waals surface area (Å²) in [5.74, 6) is 0.377. The maximum absolute atomic E-state index is 11.4. The van der Waals surface area contributed by atoms with Crippen molar-refractivity contribution < 1.29 is 13.2 Å². The summed E-state index contributed by atoms with van der Waals surface area (Å²) in [4.78, 5) is 0.0746.